The van der Waals surface area contributed by atoms with Gasteiger partial charge in [0.2, 0.25) is 5.91 Å². The van der Waals surface area contributed by atoms with Gasteiger partial charge in [0.05, 0.1) is 0 Å². The molecule has 2 rings (SSSR count). The van der Waals surface area contributed by atoms with E-state index in [0.29, 0.717) is 13.0 Å². The fraction of sp³-hybridized carbons (Fsp3) is 0.533. The molecule has 1 atom stereocenters. The van der Waals surface area contributed by atoms with Gasteiger partial charge in [-0.05, 0) is 47.3 Å². The van der Waals surface area contributed by atoms with Gasteiger partial charge in [-0.1, -0.05) is 12.1 Å². The van der Waals surface area contributed by atoms with Crippen molar-refractivity contribution in [3.05, 3.63) is 28.7 Å². The molecular weight excluding hydrogens is 336 g/mol. The Hall–Kier alpha value is -0.520. The van der Waals surface area contributed by atoms with Crippen molar-refractivity contribution in [3.63, 3.8) is 0 Å². The normalized spacial score (nSPS) is 19.1. The van der Waals surface area contributed by atoms with Gasteiger partial charge in [0.1, 0.15) is 0 Å². The van der Waals surface area contributed by atoms with Crippen LogP contribution in [0.25, 0.3) is 0 Å². The van der Waals surface area contributed by atoms with E-state index in [2.05, 4.69) is 22.0 Å². The molecule has 1 unspecified atom stereocenters. The molecular formula is C15H21BrN2OS. The molecule has 1 aromatic rings. The highest BCUT2D eigenvalue weighted by atomic mass is 79.9. The standard InChI is InChI=1S/C15H21BrN2OS/c16-13-6-1-2-7-14(13)20-10-8-15(19)18-9-4-3-5-12(18)11-17/h1-2,6-7,12H,3-5,8-11,17H2. The lowest BCUT2D eigenvalue weighted by atomic mass is 10.0. The molecule has 2 N–H and O–H groups in total. The number of hydrogen-bond acceptors (Lipinski definition) is 3. The van der Waals surface area contributed by atoms with Crippen LogP contribution in [0.4, 0.5) is 0 Å². The number of amides is 1. The maximum Gasteiger partial charge on any atom is 0.223 e. The molecule has 20 heavy (non-hydrogen) atoms. The Bertz CT molecular complexity index is 455. The fourth-order valence-electron chi connectivity index (χ4n) is 2.53. The van der Waals surface area contributed by atoms with Crippen molar-refractivity contribution in [1.29, 1.82) is 0 Å². The summed E-state index contributed by atoms with van der Waals surface area (Å²) in [6.07, 6.45) is 3.94. The van der Waals surface area contributed by atoms with Gasteiger partial charge in [0.15, 0.2) is 0 Å². The summed E-state index contributed by atoms with van der Waals surface area (Å²) in [5.41, 5.74) is 5.77. The number of carbonyl (C=O) groups is 1. The molecule has 1 heterocycles. The van der Waals surface area contributed by atoms with E-state index in [-0.39, 0.29) is 11.9 Å². The van der Waals surface area contributed by atoms with Crippen molar-refractivity contribution in [2.75, 3.05) is 18.8 Å². The molecule has 0 saturated carbocycles. The number of nitrogens with zero attached hydrogens (tertiary/aromatic N) is 1. The lowest BCUT2D eigenvalue weighted by Gasteiger charge is -2.35. The van der Waals surface area contributed by atoms with Crippen LogP contribution >= 0.6 is 27.7 Å². The number of benzene rings is 1. The maximum absolute atomic E-state index is 12.3. The summed E-state index contributed by atoms with van der Waals surface area (Å²) in [6, 6.07) is 8.37. The highest BCUT2D eigenvalue weighted by molar-refractivity contribution is 9.10. The molecule has 3 nitrogen and oxygen atoms in total. The quantitative estimate of drug-likeness (QED) is 0.823. The van der Waals surface area contributed by atoms with E-state index >= 15 is 0 Å². The second kappa shape index (κ2) is 8.05. The SMILES string of the molecule is NCC1CCCCN1C(=O)CCSc1ccccc1Br. The molecule has 110 valence electrons. The van der Waals surface area contributed by atoms with Crippen LogP contribution in [0, 0.1) is 0 Å². The molecule has 0 bridgehead atoms. The van der Waals surface area contributed by atoms with Crippen LogP contribution in [0.15, 0.2) is 33.6 Å². The summed E-state index contributed by atoms with van der Waals surface area (Å²) in [6.45, 7) is 1.46. The van der Waals surface area contributed by atoms with Crippen molar-refractivity contribution in [3.8, 4) is 0 Å². The van der Waals surface area contributed by atoms with E-state index in [9.17, 15) is 4.79 Å². The zero-order valence-corrected chi connectivity index (χ0v) is 14.0. The Labute approximate surface area is 133 Å². The predicted octanol–water partition coefficient (Wildman–Crippen LogP) is 3.27. The Morgan fingerprint density at radius 3 is 2.95 bits per heavy atom. The van der Waals surface area contributed by atoms with Gasteiger partial charge in [0.25, 0.3) is 0 Å². The molecule has 5 heteroatoms. The monoisotopic (exact) mass is 356 g/mol. The first-order chi connectivity index (χ1) is 9.72. The van der Waals surface area contributed by atoms with Crippen LogP contribution in [-0.4, -0.2) is 35.7 Å². The molecule has 0 aromatic heterocycles. The summed E-state index contributed by atoms with van der Waals surface area (Å²) < 4.78 is 1.09. The number of carbonyl (C=O) groups excluding carboxylic acids is 1. The molecule has 1 aromatic carbocycles. The third-order valence-corrected chi connectivity index (χ3v) is 5.66. The first kappa shape index (κ1) is 15.9. The van der Waals surface area contributed by atoms with Gasteiger partial charge in [-0.2, -0.15) is 0 Å². The van der Waals surface area contributed by atoms with E-state index in [4.69, 9.17) is 5.73 Å². The first-order valence-corrected chi connectivity index (χ1v) is 8.87. The van der Waals surface area contributed by atoms with E-state index in [1.807, 2.05) is 23.1 Å². The fourth-order valence-corrected chi connectivity index (χ4v) is 4.03. The largest absolute Gasteiger partial charge is 0.338 e. The predicted molar refractivity (Wildman–Crippen MR) is 87.9 cm³/mol. The van der Waals surface area contributed by atoms with Crippen molar-refractivity contribution in [2.45, 2.75) is 36.6 Å². The maximum atomic E-state index is 12.3. The molecule has 1 aliphatic rings. The highest BCUT2D eigenvalue weighted by Crippen LogP contribution is 2.28. The summed E-state index contributed by atoms with van der Waals surface area (Å²) >= 11 is 5.25. The smallest absolute Gasteiger partial charge is 0.223 e. The summed E-state index contributed by atoms with van der Waals surface area (Å²) in [5, 5.41) is 0. The van der Waals surface area contributed by atoms with Gasteiger partial charge < -0.3 is 10.6 Å². The minimum atomic E-state index is 0.250. The number of thioether (sulfide) groups is 1. The van der Waals surface area contributed by atoms with Crippen molar-refractivity contribution < 1.29 is 4.79 Å². The second-order valence-corrected chi connectivity index (χ2v) is 6.99. The molecule has 0 aliphatic carbocycles. The zero-order chi connectivity index (χ0) is 14.4. The van der Waals surface area contributed by atoms with E-state index in [1.165, 1.54) is 11.3 Å². The van der Waals surface area contributed by atoms with Gasteiger partial charge in [-0.3, -0.25) is 4.79 Å². The van der Waals surface area contributed by atoms with E-state index in [1.54, 1.807) is 11.8 Å². The minimum Gasteiger partial charge on any atom is -0.338 e. The van der Waals surface area contributed by atoms with Crippen LogP contribution in [0.2, 0.25) is 0 Å². The number of halogens is 1. The van der Waals surface area contributed by atoms with Crippen molar-refractivity contribution in [2.24, 2.45) is 5.73 Å². The number of rotatable bonds is 5. The van der Waals surface area contributed by atoms with Crippen LogP contribution in [0.5, 0.6) is 0 Å². The summed E-state index contributed by atoms with van der Waals surface area (Å²) in [5.74, 6) is 1.06. The Morgan fingerprint density at radius 1 is 1.40 bits per heavy atom. The highest BCUT2D eigenvalue weighted by Gasteiger charge is 2.24. The molecule has 0 radical (unpaired) electrons. The Kier molecular flexibility index (Phi) is 6.39. The van der Waals surface area contributed by atoms with Crippen LogP contribution in [0.3, 0.4) is 0 Å². The molecule has 1 fully saturated rings. The Morgan fingerprint density at radius 2 is 2.20 bits per heavy atom. The number of piperidine rings is 1. The summed E-state index contributed by atoms with van der Waals surface area (Å²) in [4.78, 5) is 15.5. The minimum absolute atomic E-state index is 0.250. The Balaban J connectivity index is 1.81. The van der Waals surface area contributed by atoms with Crippen LogP contribution in [0.1, 0.15) is 25.7 Å². The van der Waals surface area contributed by atoms with Gasteiger partial charge in [-0.25, -0.2) is 0 Å². The van der Waals surface area contributed by atoms with Crippen LogP contribution < -0.4 is 5.73 Å². The second-order valence-electron chi connectivity index (χ2n) is 5.00. The van der Waals surface area contributed by atoms with Gasteiger partial charge in [0, 0.05) is 40.7 Å². The van der Waals surface area contributed by atoms with E-state index in [0.717, 1.165) is 29.6 Å². The number of hydrogen-bond donors (Lipinski definition) is 1. The topological polar surface area (TPSA) is 46.3 Å². The lowest BCUT2D eigenvalue weighted by Crippen LogP contribution is -2.47. The molecule has 0 spiro atoms. The zero-order valence-electron chi connectivity index (χ0n) is 11.6. The van der Waals surface area contributed by atoms with Gasteiger partial charge >= 0.3 is 0 Å². The number of nitrogens with two attached hydrogens (primary N) is 1. The van der Waals surface area contributed by atoms with Crippen molar-refractivity contribution >= 4 is 33.6 Å². The van der Waals surface area contributed by atoms with E-state index < -0.39 is 0 Å². The molecule has 1 saturated heterocycles. The molecule has 1 amide bonds. The molecule has 1 aliphatic heterocycles. The average molecular weight is 357 g/mol. The third-order valence-electron chi connectivity index (χ3n) is 3.63. The van der Waals surface area contributed by atoms with Crippen molar-refractivity contribution in [1.82, 2.24) is 4.90 Å². The average Bonchev–Trinajstić information content (AvgIpc) is 2.49. The first-order valence-electron chi connectivity index (χ1n) is 7.09. The summed E-state index contributed by atoms with van der Waals surface area (Å²) in [7, 11) is 0. The third kappa shape index (κ3) is 4.24. The number of likely N-dealkylation sites (tertiary alicyclic amines) is 1. The lowest BCUT2D eigenvalue weighted by molar-refractivity contribution is -0.134. The van der Waals surface area contributed by atoms with Gasteiger partial charge in [-0.15, -0.1) is 11.8 Å². The van der Waals surface area contributed by atoms with Crippen LogP contribution in [-0.2, 0) is 4.79 Å².